The zero-order chi connectivity index (χ0) is 14.0. The minimum absolute atomic E-state index is 0.0374. The van der Waals surface area contributed by atoms with Crippen LogP contribution in [0.15, 0.2) is 16.8 Å². The van der Waals surface area contributed by atoms with Gasteiger partial charge in [-0.15, -0.1) is 0 Å². The number of aryl methyl sites for hydroxylation is 2. The van der Waals surface area contributed by atoms with Gasteiger partial charge in [0.15, 0.2) is 0 Å². The van der Waals surface area contributed by atoms with Gasteiger partial charge in [0.1, 0.15) is 11.8 Å². The first kappa shape index (κ1) is 13.5. The zero-order valence-corrected chi connectivity index (χ0v) is 10.5. The van der Waals surface area contributed by atoms with Crippen LogP contribution in [0.4, 0.5) is 8.78 Å². The van der Waals surface area contributed by atoms with Gasteiger partial charge in [0.25, 0.3) is 6.43 Å². The standard InChI is InChI=1S/C12H13F2N3O2/c1-6-3-7(2)10(15-5-6)12-16-9(19-17-12)4-8(18)11(13)14/h3,5,8,11,18H,4H2,1-2H3. The zero-order valence-electron chi connectivity index (χ0n) is 10.5. The van der Waals surface area contributed by atoms with Gasteiger partial charge in [0.05, 0.1) is 6.42 Å². The average molecular weight is 269 g/mol. The SMILES string of the molecule is Cc1cnc(-c2noc(CC(O)C(F)F)n2)c(C)c1. The van der Waals surface area contributed by atoms with E-state index in [2.05, 4.69) is 15.1 Å². The lowest BCUT2D eigenvalue weighted by Gasteiger charge is -2.04. The van der Waals surface area contributed by atoms with Gasteiger partial charge in [-0.1, -0.05) is 11.2 Å². The van der Waals surface area contributed by atoms with Gasteiger partial charge >= 0.3 is 0 Å². The number of nitrogens with zero attached hydrogens (tertiary/aromatic N) is 3. The Bertz CT molecular complexity index is 572. The van der Waals surface area contributed by atoms with Crippen LogP contribution in [0.2, 0.25) is 0 Å². The van der Waals surface area contributed by atoms with Gasteiger partial charge in [0, 0.05) is 6.20 Å². The van der Waals surface area contributed by atoms with Crippen molar-refractivity contribution in [1.82, 2.24) is 15.1 Å². The second kappa shape index (κ2) is 5.40. The highest BCUT2D eigenvalue weighted by Gasteiger charge is 2.21. The minimum atomic E-state index is -2.84. The third-order valence-corrected chi connectivity index (χ3v) is 2.57. The summed E-state index contributed by atoms with van der Waals surface area (Å²) >= 11 is 0. The molecule has 0 amide bonds. The quantitative estimate of drug-likeness (QED) is 0.918. The fraction of sp³-hybridized carbons (Fsp3) is 0.417. The molecule has 0 aliphatic rings. The van der Waals surface area contributed by atoms with E-state index in [1.807, 2.05) is 19.9 Å². The molecule has 19 heavy (non-hydrogen) atoms. The summed E-state index contributed by atoms with van der Waals surface area (Å²) in [5, 5.41) is 12.7. The maximum atomic E-state index is 12.2. The molecule has 0 saturated heterocycles. The lowest BCUT2D eigenvalue weighted by atomic mass is 10.1. The first-order chi connectivity index (χ1) is 8.97. The Labute approximate surface area is 108 Å². The van der Waals surface area contributed by atoms with Crippen LogP contribution in [0.1, 0.15) is 17.0 Å². The minimum Gasteiger partial charge on any atom is -0.387 e. The van der Waals surface area contributed by atoms with E-state index >= 15 is 0 Å². The van der Waals surface area contributed by atoms with Crippen molar-refractivity contribution in [2.24, 2.45) is 0 Å². The topological polar surface area (TPSA) is 72.0 Å². The van der Waals surface area contributed by atoms with Crippen LogP contribution in [0.25, 0.3) is 11.5 Å². The first-order valence-corrected chi connectivity index (χ1v) is 5.70. The Balaban J connectivity index is 2.21. The molecule has 0 aromatic carbocycles. The van der Waals surface area contributed by atoms with E-state index in [9.17, 15) is 8.78 Å². The normalized spacial score (nSPS) is 12.9. The van der Waals surface area contributed by atoms with Gasteiger partial charge in [0.2, 0.25) is 11.7 Å². The van der Waals surface area contributed by atoms with Crippen molar-refractivity contribution in [3.05, 3.63) is 29.3 Å². The number of hydrogen-bond acceptors (Lipinski definition) is 5. The van der Waals surface area contributed by atoms with Crippen molar-refractivity contribution in [2.75, 3.05) is 0 Å². The number of rotatable bonds is 4. The van der Waals surface area contributed by atoms with Crippen molar-refractivity contribution >= 4 is 0 Å². The van der Waals surface area contributed by atoms with Crippen molar-refractivity contribution in [3.63, 3.8) is 0 Å². The molecule has 5 nitrogen and oxygen atoms in total. The molecule has 1 N–H and O–H groups in total. The average Bonchev–Trinajstić information content (AvgIpc) is 2.77. The van der Waals surface area contributed by atoms with E-state index in [0.29, 0.717) is 5.69 Å². The fourth-order valence-electron chi connectivity index (χ4n) is 1.65. The Hall–Kier alpha value is -1.89. The van der Waals surface area contributed by atoms with Crippen molar-refractivity contribution in [2.45, 2.75) is 32.8 Å². The number of aliphatic hydroxyl groups excluding tert-OH is 1. The molecule has 0 fully saturated rings. The third kappa shape index (κ3) is 3.11. The van der Waals surface area contributed by atoms with Crippen molar-refractivity contribution < 1.29 is 18.4 Å². The maximum absolute atomic E-state index is 12.2. The summed E-state index contributed by atoms with van der Waals surface area (Å²) in [5.41, 5.74) is 2.40. The molecule has 0 aliphatic heterocycles. The fourth-order valence-corrected chi connectivity index (χ4v) is 1.65. The van der Waals surface area contributed by atoms with Crippen molar-refractivity contribution in [3.8, 4) is 11.5 Å². The molecule has 2 aromatic rings. The second-order valence-electron chi connectivity index (χ2n) is 4.30. The summed E-state index contributed by atoms with van der Waals surface area (Å²) in [5.74, 6) is 0.193. The molecule has 1 unspecified atom stereocenters. The smallest absolute Gasteiger partial charge is 0.264 e. The predicted molar refractivity (Wildman–Crippen MR) is 62.7 cm³/mol. The second-order valence-corrected chi connectivity index (χ2v) is 4.30. The molecule has 0 radical (unpaired) electrons. The van der Waals surface area contributed by atoms with Gasteiger partial charge in [-0.3, -0.25) is 4.98 Å². The van der Waals surface area contributed by atoms with Crippen LogP contribution in [0.3, 0.4) is 0 Å². The van der Waals surface area contributed by atoms with E-state index in [1.165, 1.54) is 0 Å². The molecular formula is C12H13F2N3O2. The summed E-state index contributed by atoms with van der Waals surface area (Å²) < 4.78 is 29.2. The number of aromatic nitrogens is 3. The Morgan fingerprint density at radius 3 is 2.74 bits per heavy atom. The lowest BCUT2D eigenvalue weighted by molar-refractivity contribution is -0.00754. The molecule has 2 rings (SSSR count). The van der Waals surface area contributed by atoms with Crippen LogP contribution >= 0.6 is 0 Å². The molecule has 2 heterocycles. The van der Waals surface area contributed by atoms with Crippen LogP contribution in [0.5, 0.6) is 0 Å². The highest BCUT2D eigenvalue weighted by Crippen LogP contribution is 2.19. The van der Waals surface area contributed by atoms with E-state index in [-0.39, 0.29) is 18.1 Å². The monoisotopic (exact) mass is 269 g/mol. The summed E-state index contributed by atoms with van der Waals surface area (Å²) in [6, 6.07) is 1.91. The molecular weight excluding hydrogens is 256 g/mol. The predicted octanol–water partition coefficient (Wildman–Crippen LogP) is 1.92. The molecule has 102 valence electrons. The summed E-state index contributed by atoms with van der Waals surface area (Å²) in [4.78, 5) is 8.14. The molecule has 0 spiro atoms. The van der Waals surface area contributed by atoms with E-state index in [4.69, 9.17) is 9.63 Å². The molecule has 1 atom stereocenters. The molecule has 2 aromatic heterocycles. The van der Waals surface area contributed by atoms with Crippen molar-refractivity contribution in [1.29, 1.82) is 0 Å². The van der Waals surface area contributed by atoms with Crippen LogP contribution < -0.4 is 0 Å². The lowest BCUT2D eigenvalue weighted by Crippen LogP contribution is -2.20. The number of alkyl halides is 2. The number of pyridine rings is 1. The first-order valence-electron chi connectivity index (χ1n) is 5.70. The third-order valence-electron chi connectivity index (χ3n) is 2.57. The Morgan fingerprint density at radius 2 is 2.11 bits per heavy atom. The molecule has 0 bridgehead atoms. The largest absolute Gasteiger partial charge is 0.387 e. The number of hydrogen-bond donors (Lipinski definition) is 1. The van der Waals surface area contributed by atoms with Crippen LogP contribution in [-0.2, 0) is 6.42 Å². The molecule has 0 aliphatic carbocycles. The highest BCUT2D eigenvalue weighted by molar-refractivity contribution is 5.53. The van der Waals surface area contributed by atoms with Crippen LogP contribution in [-0.4, -0.2) is 32.8 Å². The van der Waals surface area contributed by atoms with Gasteiger partial charge < -0.3 is 9.63 Å². The highest BCUT2D eigenvalue weighted by atomic mass is 19.3. The summed E-state index contributed by atoms with van der Waals surface area (Å²) in [6.07, 6.45) is -3.36. The van der Waals surface area contributed by atoms with Gasteiger partial charge in [-0.25, -0.2) is 8.78 Å². The Morgan fingerprint density at radius 1 is 1.37 bits per heavy atom. The van der Waals surface area contributed by atoms with E-state index in [1.54, 1.807) is 6.20 Å². The van der Waals surface area contributed by atoms with Gasteiger partial charge in [-0.2, -0.15) is 4.98 Å². The maximum Gasteiger partial charge on any atom is 0.264 e. The van der Waals surface area contributed by atoms with E-state index < -0.39 is 12.5 Å². The van der Waals surface area contributed by atoms with Crippen LogP contribution in [0, 0.1) is 13.8 Å². The molecule has 7 heteroatoms. The van der Waals surface area contributed by atoms with E-state index in [0.717, 1.165) is 11.1 Å². The summed E-state index contributed by atoms with van der Waals surface area (Å²) in [7, 11) is 0. The number of aliphatic hydroxyl groups is 1. The Kier molecular flexibility index (Phi) is 3.84. The van der Waals surface area contributed by atoms with Gasteiger partial charge in [-0.05, 0) is 25.0 Å². The molecule has 0 saturated carbocycles. The summed E-state index contributed by atoms with van der Waals surface area (Å²) in [6.45, 7) is 3.75. The number of halogens is 2.